The van der Waals surface area contributed by atoms with Crippen molar-refractivity contribution in [1.82, 2.24) is 19.2 Å². The molecule has 0 amide bonds. The summed E-state index contributed by atoms with van der Waals surface area (Å²) in [6.45, 7) is 0. The van der Waals surface area contributed by atoms with Crippen LogP contribution in [0.1, 0.15) is 11.3 Å². The first kappa shape index (κ1) is 16.2. The zero-order chi connectivity index (χ0) is 18.3. The van der Waals surface area contributed by atoms with Crippen LogP contribution in [0.3, 0.4) is 0 Å². The Morgan fingerprint density at radius 1 is 0.923 bits per heavy atom. The molecule has 0 bridgehead atoms. The predicted octanol–water partition coefficient (Wildman–Crippen LogP) is 2.77. The summed E-state index contributed by atoms with van der Waals surface area (Å²) < 4.78 is 2.73. The molecule has 4 aromatic rings. The Labute approximate surface area is 152 Å². The van der Waals surface area contributed by atoms with E-state index in [1.807, 2.05) is 12.1 Å². The summed E-state index contributed by atoms with van der Waals surface area (Å²) in [7, 11) is 1.57. The minimum absolute atomic E-state index is 0.182. The van der Waals surface area contributed by atoms with Crippen molar-refractivity contribution in [2.24, 2.45) is 7.05 Å². The molecule has 4 rings (SSSR count). The number of benzene rings is 2. The lowest BCUT2D eigenvalue weighted by Crippen LogP contribution is -2.29. The van der Waals surface area contributed by atoms with Crippen LogP contribution in [0.5, 0.6) is 0 Å². The Hall–Kier alpha value is -3.25. The quantitative estimate of drug-likeness (QED) is 0.513. The van der Waals surface area contributed by atoms with Crippen molar-refractivity contribution >= 4 is 40.4 Å². The van der Waals surface area contributed by atoms with Gasteiger partial charge in [0.25, 0.3) is 11.1 Å². The van der Waals surface area contributed by atoms with Gasteiger partial charge in [0.05, 0.1) is 10.9 Å². The molecule has 0 saturated heterocycles. The molecule has 0 fully saturated rings. The van der Waals surface area contributed by atoms with E-state index in [2.05, 4.69) is 10.2 Å². The van der Waals surface area contributed by atoms with Gasteiger partial charge in [-0.15, -0.1) is 10.2 Å². The molecule has 6 nitrogen and oxygen atoms in total. The Balaban J connectivity index is 1.96. The maximum Gasteiger partial charge on any atom is 0.285 e. The Bertz CT molecular complexity index is 1290. The number of hydrogen-bond donors (Lipinski definition) is 0. The van der Waals surface area contributed by atoms with Gasteiger partial charge in [0.2, 0.25) is 5.78 Å². The minimum atomic E-state index is -0.341. The second kappa shape index (κ2) is 6.24. The monoisotopic (exact) mass is 364 g/mol. The molecule has 0 aliphatic heterocycles. The summed E-state index contributed by atoms with van der Waals surface area (Å²) in [4.78, 5) is 25.4. The van der Waals surface area contributed by atoms with Gasteiger partial charge in [-0.2, -0.15) is 0 Å². The van der Waals surface area contributed by atoms with Gasteiger partial charge in [-0.3, -0.25) is 14.2 Å². The topological polar surface area (TPSA) is 69.3 Å². The lowest BCUT2D eigenvalue weighted by Gasteiger charge is -2.09. The third kappa shape index (κ3) is 2.60. The maximum absolute atomic E-state index is 13.0. The highest BCUT2D eigenvalue weighted by Gasteiger charge is 2.13. The normalized spacial score (nSPS) is 11.6. The average molecular weight is 365 g/mol. The molecule has 0 radical (unpaired) electrons. The van der Waals surface area contributed by atoms with Gasteiger partial charge in [-0.25, -0.2) is 4.40 Å². The molecule has 0 unspecified atom stereocenters. The van der Waals surface area contributed by atoms with E-state index >= 15 is 0 Å². The molecule has 0 aliphatic carbocycles. The van der Waals surface area contributed by atoms with Crippen molar-refractivity contribution in [3.05, 3.63) is 85.5 Å². The molecular weight excluding hydrogens is 352 g/mol. The molecule has 2 heterocycles. The van der Waals surface area contributed by atoms with Crippen LogP contribution in [0.25, 0.3) is 28.8 Å². The number of rotatable bonds is 2. The Morgan fingerprint density at radius 3 is 2.42 bits per heavy atom. The van der Waals surface area contributed by atoms with Gasteiger partial charge >= 0.3 is 0 Å². The van der Waals surface area contributed by atoms with Crippen molar-refractivity contribution < 1.29 is 0 Å². The van der Waals surface area contributed by atoms with Crippen LogP contribution in [0, 0.1) is 0 Å². The van der Waals surface area contributed by atoms with E-state index in [0.717, 1.165) is 5.56 Å². The van der Waals surface area contributed by atoms with Crippen LogP contribution in [-0.4, -0.2) is 19.2 Å². The molecule has 0 aliphatic rings. The number of fused-ring (bicyclic) bond motifs is 3. The maximum atomic E-state index is 13.0. The van der Waals surface area contributed by atoms with E-state index < -0.39 is 0 Å². The predicted molar refractivity (Wildman–Crippen MR) is 102 cm³/mol. The first-order valence-corrected chi connectivity index (χ1v) is 8.25. The third-order valence-corrected chi connectivity index (χ3v) is 4.41. The van der Waals surface area contributed by atoms with E-state index in [1.165, 1.54) is 8.97 Å². The Morgan fingerprint density at radius 2 is 1.65 bits per heavy atom. The van der Waals surface area contributed by atoms with Crippen molar-refractivity contribution in [2.45, 2.75) is 0 Å². The number of halogens is 1. The number of aryl methyl sites for hydroxylation is 1. The van der Waals surface area contributed by atoms with Gasteiger partial charge in [-0.1, -0.05) is 41.9 Å². The summed E-state index contributed by atoms with van der Waals surface area (Å²) in [6, 6.07) is 14.2. The van der Waals surface area contributed by atoms with Crippen LogP contribution < -0.4 is 11.1 Å². The summed E-state index contributed by atoms with van der Waals surface area (Å²) in [6.07, 6.45) is 3.36. The van der Waals surface area contributed by atoms with Crippen molar-refractivity contribution in [3.63, 3.8) is 0 Å². The van der Waals surface area contributed by atoms with Crippen molar-refractivity contribution in [2.75, 3.05) is 0 Å². The summed E-state index contributed by atoms with van der Waals surface area (Å²) in [5, 5.41) is 9.16. The van der Waals surface area contributed by atoms with Crippen molar-refractivity contribution in [3.8, 4) is 0 Å². The van der Waals surface area contributed by atoms with E-state index in [4.69, 9.17) is 11.6 Å². The highest BCUT2D eigenvalue weighted by Crippen LogP contribution is 2.12. The minimum Gasteiger partial charge on any atom is -0.279 e. The molecule has 0 spiro atoms. The first-order chi connectivity index (χ1) is 12.6. The van der Waals surface area contributed by atoms with Gasteiger partial charge in [0, 0.05) is 12.1 Å². The third-order valence-electron chi connectivity index (χ3n) is 4.15. The van der Waals surface area contributed by atoms with Crippen LogP contribution in [-0.2, 0) is 7.05 Å². The highest BCUT2D eigenvalue weighted by atomic mass is 35.5. The lowest BCUT2D eigenvalue weighted by molar-refractivity contribution is 0.801. The van der Waals surface area contributed by atoms with E-state index in [1.54, 1.807) is 55.6 Å². The summed E-state index contributed by atoms with van der Waals surface area (Å²) in [5.41, 5.74) is 1.00. The SMILES string of the molecule is Cn1c(=O)c2ccccc2n2c(=O)c(/C=C\c3ccc(Cl)cc3)nnc12. The van der Waals surface area contributed by atoms with Crippen LogP contribution in [0.15, 0.2) is 58.1 Å². The largest absolute Gasteiger partial charge is 0.285 e. The molecule has 128 valence electrons. The molecule has 2 aromatic heterocycles. The standard InChI is InChI=1S/C19H13ClN4O2/c1-23-17(25)14-4-2-3-5-16(14)24-18(26)15(21-22-19(23)24)11-8-12-6-9-13(20)10-7-12/h2-11H,1H3/b11-8-. The first-order valence-electron chi connectivity index (χ1n) is 7.87. The van der Waals surface area contributed by atoms with E-state index in [0.29, 0.717) is 15.9 Å². The molecule has 2 aromatic carbocycles. The Kier molecular flexibility index (Phi) is 3.89. The van der Waals surface area contributed by atoms with Crippen LogP contribution in [0.4, 0.5) is 0 Å². The molecule has 0 saturated carbocycles. The molecule has 0 N–H and O–H groups in total. The molecular formula is C19H13ClN4O2. The molecule has 7 heteroatoms. The van der Waals surface area contributed by atoms with Gasteiger partial charge < -0.3 is 0 Å². The average Bonchev–Trinajstić information content (AvgIpc) is 2.66. The fraction of sp³-hybridized carbons (Fsp3) is 0.0526. The van der Waals surface area contributed by atoms with Crippen LogP contribution >= 0.6 is 11.6 Å². The zero-order valence-electron chi connectivity index (χ0n) is 13.8. The van der Waals surface area contributed by atoms with E-state index in [-0.39, 0.29) is 22.6 Å². The number of hydrogen-bond acceptors (Lipinski definition) is 4. The van der Waals surface area contributed by atoms with Gasteiger partial charge in [0.15, 0.2) is 5.69 Å². The fourth-order valence-corrected chi connectivity index (χ4v) is 2.93. The van der Waals surface area contributed by atoms with Gasteiger partial charge in [-0.05, 0) is 35.9 Å². The smallest absolute Gasteiger partial charge is 0.279 e. The highest BCUT2D eigenvalue weighted by molar-refractivity contribution is 6.30. The van der Waals surface area contributed by atoms with E-state index in [9.17, 15) is 9.59 Å². The zero-order valence-corrected chi connectivity index (χ0v) is 14.5. The second-order valence-corrected chi connectivity index (χ2v) is 6.23. The molecule has 0 atom stereocenters. The number of nitrogens with zero attached hydrogens (tertiary/aromatic N) is 4. The lowest BCUT2D eigenvalue weighted by atomic mass is 10.2. The molecule has 26 heavy (non-hydrogen) atoms. The summed E-state index contributed by atoms with van der Waals surface area (Å²) >= 11 is 5.87. The number of aromatic nitrogens is 4. The second-order valence-electron chi connectivity index (χ2n) is 5.79. The van der Waals surface area contributed by atoms with Gasteiger partial charge in [0.1, 0.15) is 0 Å². The fourth-order valence-electron chi connectivity index (χ4n) is 2.80. The summed E-state index contributed by atoms with van der Waals surface area (Å²) in [5.74, 6) is 0.197. The number of para-hydroxylation sites is 1. The van der Waals surface area contributed by atoms with Crippen molar-refractivity contribution in [1.29, 1.82) is 0 Å². The van der Waals surface area contributed by atoms with Crippen LogP contribution in [0.2, 0.25) is 5.02 Å².